The minimum atomic E-state index is -0.102. The first-order valence-corrected chi connectivity index (χ1v) is 7.82. The Labute approximate surface area is 136 Å². The fourth-order valence-corrected chi connectivity index (χ4v) is 2.44. The maximum atomic E-state index is 5.97. The largest absolute Gasteiger partial charge is 0.475 e. The lowest BCUT2D eigenvalue weighted by atomic mass is 10.0. The Balaban J connectivity index is 1.67. The number of pyridine rings is 1. The third-order valence-electron chi connectivity index (χ3n) is 3.51. The molecule has 0 radical (unpaired) electrons. The maximum absolute atomic E-state index is 5.97. The Morgan fingerprint density at radius 1 is 1.55 bits per heavy atom. The van der Waals surface area contributed by atoms with Crippen molar-refractivity contribution in [1.82, 2.24) is 15.6 Å². The molecule has 1 saturated heterocycles. The SMILES string of the molecule is CN=C(NCCOc1ncccc1Cl)NCC1(C)CCCO1. The first kappa shape index (κ1) is 16.8. The molecule has 7 heteroatoms. The number of aliphatic imine (C=N–C) groups is 1. The minimum absolute atomic E-state index is 0.102. The summed E-state index contributed by atoms with van der Waals surface area (Å²) in [5.41, 5.74) is -0.102. The Morgan fingerprint density at radius 3 is 3.09 bits per heavy atom. The van der Waals surface area contributed by atoms with Crippen molar-refractivity contribution in [2.24, 2.45) is 4.99 Å². The van der Waals surface area contributed by atoms with Crippen molar-refractivity contribution >= 4 is 17.6 Å². The first-order valence-electron chi connectivity index (χ1n) is 7.45. The van der Waals surface area contributed by atoms with Gasteiger partial charge in [0.25, 0.3) is 0 Å². The van der Waals surface area contributed by atoms with Crippen LogP contribution in [0.15, 0.2) is 23.3 Å². The third kappa shape index (κ3) is 5.03. The van der Waals surface area contributed by atoms with Crippen molar-refractivity contribution in [1.29, 1.82) is 0 Å². The van der Waals surface area contributed by atoms with Gasteiger partial charge in [0.2, 0.25) is 5.88 Å². The van der Waals surface area contributed by atoms with Crippen LogP contribution in [0, 0.1) is 0 Å². The smallest absolute Gasteiger partial charge is 0.232 e. The van der Waals surface area contributed by atoms with Crippen molar-refractivity contribution in [3.8, 4) is 5.88 Å². The van der Waals surface area contributed by atoms with E-state index in [4.69, 9.17) is 21.1 Å². The van der Waals surface area contributed by atoms with Gasteiger partial charge in [-0.05, 0) is 31.9 Å². The molecule has 0 amide bonds. The highest BCUT2D eigenvalue weighted by atomic mass is 35.5. The first-order chi connectivity index (χ1) is 10.6. The molecule has 6 nitrogen and oxygen atoms in total. The van der Waals surface area contributed by atoms with Crippen molar-refractivity contribution in [2.75, 3.05) is 33.4 Å². The van der Waals surface area contributed by atoms with Crippen molar-refractivity contribution in [2.45, 2.75) is 25.4 Å². The highest BCUT2D eigenvalue weighted by Crippen LogP contribution is 2.23. The highest BCUT2D eigenvalue weighted by molar-refractivity contribution is 6.31. The van der Waals surface area contributed by atoms with E-state index in [0.29, 0.717) is 24.1 Å². The van der Waals surface area contributed by atoms with Crippen molar-refractivity contribution < 1.29 is 9.47 Å². The van der Waals surface area contributed by atoms with E-state index in [0.717, 1.165) is 32.0 Å². The molecule has 0 aromatic carbocycles. The molecule has 1 atom stereocenters. The number of hydrogen-bond acceptors (Lipinski definition) is 4. The van der Waals surface area contributed by atoms with Gasteiger partial charge in [0.1, 0.15) is 11.6 Å². The van der Waals surface area contributed by atoms with Gasteiger partial charge in [-0.2, -0.15) is 0 Å². The van der Waals surface area contributed by atoms with E-state index < -0.39 is 0 Å². The number of guanidine groups is 1. The number of rotatable bonds is 6. The maximum Gasteiger partial charge on any atom is 0.232 e. The molecule has 2 rings (SSSR count). The summed E-state index contributed by atoms with van der Waals surface area (Å²) in [6.45, 7) is 4.74. The molecule has 0 bridgehead atoms. The molecule has 1 unspecified atom stereocenters. The zero-order chi connectivity index (χ0) is 15.8. The Morgan fingerprint density at radius 2 is 2.41 bits per heavy atom. The van der Waals surface area contributed by atoms with Crippen LogP contribution in [-0.4, -0.2) is 49.9 Å². The number of ether oxygens (including phenoxy) is 2. The van der Waals surface area contributed by atoms with E-state index in [1.54, 1.807) is 25.4 Å². The van der Waals surface area contributed by atoms with Gasteiger partial charge < -0.3 is 20.1 Å². The van der Waals surface area contributed by atoms with Crippen LogP contribution in [0.2, 0.25) is 5.02 Å². The number of hydrogen-bond donors (Lipinski definition) is 2. The molecule has 1 aliphatic heterocycles. The normalized spacial score (nSPS) is 21.7. The van der Waals surface area contributed by atoms with Gasteiger partial charge in [-0.15, -0.1) is 0 Å². The Bertz CT molecular complexity index is 504. The third-order valence-corrected chi connectivity index (χ3v) is 3.80. The zero-order valence-electron chi connectivity index (χ0n) is 13.1. The monoisotopic (exact) mass is 326 g/mol. The summed E-state index contributed by atoms with van der Waals surface area (Å²) >= 11 is 5.97. The van der Waals surface area contributed by atoms with Crippen LogP contribution >= 0.6 is 11.6 Å². The second-order valence-corrected chi connectivity index (χ2v) is 5.80. The standard InChI is InChI=1S/C15H23ClN4O2/c1-15(6-4-9-22-15)11-20-14(17-2)19-8-10-21-13-12(16)5-3-7-18-13/h3,5,7H,4,6,8-11H2,1-2H3,(H2,17,19,20). The van der Waals surface area contributed by atoms with Crippen LogP contribution in [0.5, 0.6) is 5.88 Å². The van der Waals surface area contributed by atoms with Gasteiger partial charge in [0, 0.05) is 26.4 Å². The predicted molar refractivity (Wildman–Crippen MR) is 87.7 cm³/mol. The predicted octanol–water partition coefficient (Wildman–Crippen LogP) is 1.85. The zero-order valence-corrected chi connectivity index (χ0v) is 13.8. The molecule has 1 aromatic rings. The summed E-state index contributed by atoms with van der Waals surface area (Å²) in [7, 11) is 1.74. The number of nitrogens with zero attached hydrogens (tertiary/aromatic N) is 2. The van der Waals surface area contributed by atoms with E-state index in [9.17, 15) is 0 Å². The number of nitrogens with one attached hydrogen (secondary N) is 2. The van der Waals surface area contributed by atoms with Gasteiger partial charge in [-0.25, -0.2) is 4.98 Å². The van der Waals surface area contributed by atoms with E-state index in [-0.39, 0.29) is 5.60 Å². The van der Waals surface area contributed by atoms with E-state index in [1.807, 2.05) is 0 Å². The molecule has 0 aliphatic carbocycles. The van der Waals surface area contributed by atoms with Crippen molar-refractivity contribution in [3.05, 3.63) is 23.4 Å². The van der Waals surface area contributed by atoms with Gasteiger partial charge in [-0.3, -0.25) is 4.99 Å². The average molecular weight is 327 g/mol. The average Bonchev–Trinajstić information content (AvgIpc) is 2.95. The van der Waals surface area contributed by atoms with Gasteiger partial charge in [-0.1, -0.05) is 11.6 Å². The lowest BCUT2D eigenvalue weighted by molar-refractivity contribution is 0.0243. The van der Waals surface area contributed by atoms with Gasteiger partial charge in [0.15, 0.2) is 5.96 Å². The Hall–Kier alpha value is -1.53. The molecule has 1 fully saturated rings. The number of aromatic nitrogens is 1. The molecule has 0 spiro atoms. The summed E-state index contributed by atoms with van der Waals surface area (Å²) in [4.78, 5) is 8.25. The molecular weight excluding hydrogens is 304 g/mol. The molecule has 2 heterocycles. The topological polar surface area (TPSA) is 67.8 Å². The molecule has 1 aliphatic rings. The van der Waals surface area contributed by atoms with Crippen LogP contribution in [0.1, 0.15) is 19.8 Å². The summed E-state index contributed by atoms with van der Waals surface area (Å²) < 4.78 is 11.3. The fraction of sp³-hybridized carbons (Fsp3) is 0.600. The molecule has 0 saturated carbocycles. The van der Waals surface area contributed by atoms with Crippen molar-refractivity contribution in [3.63, 3.8) is 0 Å². The van der Waals surface area contributed by atoms with Gasteiger partial charge >= 0.3 is 0 Å². The van der Waals surface area contributed by atoms with Crippen LogP contribution in [0.4, 0.5) is 0 Å². The highest BCUT2D eigenvalue weighted by Gasteiger charge is 2.29. The summed E-state index contributed by atoms with van der Waals surface area (Å²) in [6, 6.07) is 3.52. The molecule has 22 heavy (non-hydrogen) atoms. The fourth-order valence-electron chi connectivity index (χ4n) is 2.26. The molecule has 122 valence electrons. The molecule has 2 N–H and O–H groups in total. The molecule has 1 aromatic heterocycles. The lowest BCUT2D eigenvalue weighted by Crippen LogP contribution is -2.46. The summed E-state index contributed by atoms with van der Waals surface area (Å²) in [6.07, 6.45) is 3.83. The van der Waals surface area contributed by atoms with E-state index in [2.05, 4.69) is 27.5 Å². The Kier molecular flexibility index (Phi) is 6.27. The summed E-state index contributed by atoms with van der Waals surface area (Å²) in [5.74, 6) is 1.17. The van der Waals surface area contributed by atoms with E-state index in [1.165, 1.54) is 0 Å². The molecular formula is C15H23ClN4O2. The second-order valence-electron chi connectivity index (χ2n) is 5.39. The van der Waals surface area contributed by atoms with Crippen LogP contribution in [0.3, 0.4) is 0 Å². The van der Waals surface area contributed by atoms with Crippen LogP contribution in [-0.2, 0) is 4.74 Å². The van der Waals surface area contributed by atoms with Gasteiger partial charge in [0.05, 0.1) is 12.1 Å². The summed E-state index contributed by atoms with van der Waals surface area (Å²) in [5, 5.41) is 6.98. The van der Waals surface area contributed by atoms with Crippen LogP contribution in [0.25, 0.3) is 0 Å². The van der Waals surface area contributed by atoms with E-state index >= 15 is 0 Å². The second kappa shape index (κ2) is 8.19. The lowest BCUT2D eigenvalue weighted by Gasteiger charge is -2.24. The number of halogens is 1. The quantitative estimate of drug-likeness (QED) is 0.474. The van der Waals surface area contributed by atoms with Crippen LogP contribution < -0.4 is 15.4 Å². The minimum Gasteiger partial charge on any atom is -0.475 e.